The Morgan fingerprint density at radius 3 is 1.31 bits per heavy atom. The second kappa shape index (κ2) is 20.8. The Kier molecular flexibility index (Phi) is 17.4. The summed E-state index contributed by atoms with van der Waals surface area (Å²) in [6.07, 6.45) is -11.2. The molecule has 40 heteroatoms. The van der Waals surface area contributed by atoms with Crippen molar-refractivity contribution in [2.75, 3.05) is 51.1 Å². The van der Waals surface area contributed by atoms with E-state index in [1.54, 1.807) is 0 Å². The number of nitrogens with zero attached hydrogens (tertiary/aromatic N) is 6. The van der Waals surface area contributed by atoms with Gasteiger partial charge in [0.25, 0.3) is 38.7 Å². The number of phosphoric ester groups is 4. The van der Waals surface area contributed by atoms with Crippen LogP contribution in [0.25, 0.3) is 22.3 Å². The van der Waals surface area contributed by atoms with E-state index in [0.717, 1.165) is 9.13 Å². The van der Waals surface area contributed by atoms with Crippen LogP contribution in [0.4, 0.5) is 11.9 Å². The molecule has 2 saturated heterocycles. The molecular formula is C27H50N12O24P4+2. The van der Waals surface area contributed by atoms with Crippen LogP contribution in [-0.4, -0.2) is 145 Å². The normalized spacial score (nSPS) is 25.5. The molecule has 4 aromatic rings. The van der Waals surface area contributed by atoms with E-state index in [1.807, 2.05) is 0 Å². The first-order valence-corrected chi connectivity index (χ1v) is 24.1. The number of imidazole rings is 2. The van der Waals surface area contributed by atoms with Crippen LogP contribution in [-0.2, 0) is 69.0 Å². The van der Waals surface area contributed by atoms with Gasteiger partial charge in [0.15, 0.2) is 12.7 Å². The summed E-state index contributed by atoms with van der Waals surface area (Å²) in [5.41, 5.74) is 6.94. The molecule has 6 rings (SSSR count). The lowest BCUT2D eigenvalue weighted by Gasteiger charge is -2.36. The molecule has 10 atom stereocenters. The van der Waals surface area contributed by atoms with E-state index in [1.165, 1.54) is 35.9 Å². The number of hydrogen-bond donors (Lipinski definition) is 14. The average Bonchev–Trinajstić information content (AvgIpc) is 3.88. The van der Waals surface area contributed by atoms with Crippen LogP contribution >= 0.6 is 31.3 Å². The Hall–Kier alpha value is -3.58. The third-order valence-corrected chi connectivity index (χ3v) is 12.5. The third kappa shape index (κ3) is 13.0. The lowest BCUT2D eigenvalue weighted by molar-refractivity contribution is -0.746. The van der Waals surface area contributed by atoms with Crippen molar-refractivity contribution < 1.29 is 114 Å². The van der Waals surface area contributed by atoms with Crippen molar-refractivity contribution in [2.45, 2.75) is 49.1 Å². The molecule has 2 fully saturated rings. The van der Waals surface area contributed by atoms with Gasteiger partial charge in [-0.1, -0.05) is 9.97 Å². The maximum atomic E-state index is 13.0. The van der Waals surface area contributed by atoms with Gasteiger partial charge in [-0.15, -0.1) is 0 Å². The molecule has 22 N–H and O–H groups in total. The minimum absolute atomic E-state index is 0. The summed E-state index contributed by atoms with van der Waals surface area (Å²) < 4.78 is 93.4. The summed E-state index contributed by atoms with van der Waals surface area (Å²) in [4.78, 5) is 101. The Morgan fingerprint density at radius 2 is 0.985 bits per heavy atom. The summed E-state index contributed by atoms with van der Waals surface area (Å²) in [7, 11) is -19.8. The fourth-order valence-electron chi connectivity index (χ4n) is 6.63. The zero-order valence-electron chi connectivity index (χ0n) is 35.3. The van der Waals surface area contributed by atoms with Gasteiger partial charge >= 0.3 is 26.9 Å². The number of ether oxygens (including phenoxy) is 2. The summed E-state index contributed by atoms with van der Waals surface area (Å²) in [5, 5.41) is 42.9. The number of quaternary nitrogens is 2. The van der Waals surface area contributed by atoms with Crippen LogP contribution in [0.15, 0.2) is 22.2 Å². The van der Waals surface area contributed by atoms with Crippen LogP contribution in [0, 0.1) is 5.41 Å². The van der Waals surface area contributed by atoms with Gasteiger partial charge in [-0.05, 0) is 0 Å². The molecular weight excluding hydrogens is 1000 g/mol. The van der Waals surface area contributed by atoms with Crippen molar-refractivity contribution >= 4 is 65.5 Å². The second-order valence-corrected chi connectivity index (χ2v) is 20.0. The van der Waals surface area contributed by atoms with Gasteiger partial charge in [-0.2, -0.15) is 0 Å². The Balaban J connectivity index is 0.00000490. The number of fused-ring (bicyclic) bond motifs is 2. The van der Waals surface area contributed by atoms with E-state index in [-0.39, 0.29) is 46.5 Å². The summed E-state index contributed by atoms with van der Waals surface area (Å²) >= 11 is 0. The number of rotatable bonds is 20. The number of anilines is 2. The summed E-state index contributed by atoms with van der Waals surface area (Å²) in [6.45, 7) is -8.34. The fourth-order valence-corrected chi connectivity index (χ4v) is 9.19. The topological polar surface area (TPSA) is 584 Å². The lowest BCUT2D eigenvalue weighted by Crippen LogP contribution is -2.46. The van der Waals surface area contributed by atoms with Crippen molar-refractivity contribution in [3.8, 4) is 0 Å². The van der Waals surface area contributed by atoms with Gasteiger partial charge in [0, 0.05) is 0 Å². The highest BCUT2D eigenvalue weighted by molar-refractivity contribution is 7.46. The number of aromatic nitrogens is 8. The monoisotopic (exact) mass is 1050 g/mol. The highest BCUT2D eigenvalue weighted by Gasteiger charge is 2.49. The van der Waals surface area contributed by atoms with E-state index in [9.17, 15) is 77.6 Å². The first-order chi connectivity index (χ1) is 30.0. The van der Waals surface area contributed by atoms with Crippen molar-refractivity contribution in [3.63, 3.8) is 0 Å². The van der Waals surface area contributed by atoms with Gasteiger partial charge in [0.05, 0.1) is 59.2 Å². The predicted octanol–water partition coefficient (Wildman–Crippen LogP) is -6.52. The third-order valence-electron chi connectivity index (χ3n) is 9.73. The molecule has 0 aliphatic carbocycles. The molecule has 0 saturated carbocycles. The molecule has 0 aromatic carbocycles. The van der Waals surface area contributed by atoms with Gasteiger partial charge in [-0.25, -0.2) is 18.3 Å². The van der Waals surface area contributed by atoms with E-state index < -0.39 is 137 Å². The van der Waals surface area contributed by atoms with Crippen LogP contribution in [0.5, 0.6) is 0 Å². The second-order valence-electron chi connectivity index (χ2n) is 14.7. The van der Waals surface area contributed by atoms with Crippen LogP contribution in [0.3, 0.4) is 0 Å². The number of aliphatic hydroxyl groups is 4. The Morgan fingerprint density at radius 1 is 0.657 bits per heavy atom. The quantitative estimate of drug-likeness (QED) is 0.0289. The number of H-pyrrole nitrogens is 2. The molecule has 380 valence electrons. The van der Waals surface area contributed by atoms with Gasteiger partial charge in [0.1, 0.15) is 36.6 Å². The Bertz CT molecular complexity index is 2540. The lowest BCUT2D eigenvalue weighted by atomic mass is 9.93. The Labute approximate surface area is 373 Å². The molecule has 0 amide bonds. The van der Waals surface area contributed by atoms with Crippen molar-refractivity contribution in [3.05, 3.63) is 33.4 Å². The minimum Gasteiger partial charge on any atom is -0.756 e. The van der Waals surface area contributed by atoms with Crippen LogP contribution in [0.1, 0.15) is 12.5 Å². The van der Waals surface area contributed by atoms with Crippen LogP contribution in [0.2, 0.25) is 0 Å². The maximum Gasteiger partial charge on any atom is 0.469 e. The number of nitrogens with one attached hydrogen (secondary N) is 2. The molecule has 2 aliphatic heterocycles. The van der Waals surface area contributed by atoms with E-state index in [2.05, 4.69) is 29.0 Å². The minimum atomic E-state index is -5.75. The van der Waals surface area contributed by atoms with E-state index in [4.69, 9.17) is 39.0 Å². The van der Waals surface area contributed by atoms with Crippen molar-refractivity contribution in [1.29, 1.82) is 0 Å². The van der Waals surface area contributed by atoms with E-state index >= 15 is 0 Å². The number of aromatic amines is 2. The molecule has 0 spiro atoms. The smallest absolute Gasteiger partial charge is 0.469 e. The van der Waals surface area contributed by atoms with Crippen molar-refractivity contribution in [2.24, 2.45) is 19.5 Å². The number of hydrogen-bond acceptors (Lipinski definition) is 24. The number of nitrogen functional groups attached to an aromatic ring is 2. The first-order valence-electron chi connectivity index (χ1n) is 18.1. The summed E-state index contributed by atoms with van der Waals surface area (Å²) in [5.74, 6) is -0.638. The zero-order chi connectivity index (χ0) is 48.2. The number of phosphoric acid groups is 4. The molecule has 4 aromatic heterocycles. The number of aryl methyl sites for hydroxylation is 2. The predicted molar refractivity (Wildman–Crippen MR) is 213 cm³/mol. The molecule has 6 heterocycles. The highest BCUT2D eigenvalue weighted by atomic mass is 31.2. The van der Waals surface area contributed by atoms with Crippen LogP contribution < -0.4 is 53.8 Å². The maximum absolute atomic E-state index is 13.0. The number of nitrogens with two attached hydrogens (primary N) is 2. The molecule has 2 aliphatic rings. The summed E-state index contributed by atoms with van der Waals surface area (Å²) in [6, 6.07) is 0. The number of aliphatic hydroxyl groups excluding tert-OH is 4. The molecule has 67 heavy (non-hydrogen) atoms. The van der Waals surface area contributed by atoms with E-state index in [0.29, 0.717) is 0 Å². The molecule has 0 radical (unpaired) electrons. The largest absolute Gasteiger partial charge is 0.756 e. The zero-order valence-corrected chi connectivity index (χ0v) is 38.8. The molecule has 36 nitrogen and oxygen atoms in total. The standard InChI is InChI=1S/C27H42N10O24P4.2H3N/c1-34-9-36(19-13(34)21(42)32-25(28)30-19)23-17(40)15(38)11(60-23)3-54-64(50,51)58-7-27(5-56-62(44,45)46,6-57-63(47,48)49)8-59-65(52,53)55-4-12-16(39)18(41)24(61-12)37-10-35(2)14-20(37)31-26(29)33-22(14)43;;/h9-12,15-18,23-24,38-41H,3-8H2,1-2H3,(H10-2,28,29,30,31,32,33,42,43,44,45,46,47,48,49,50,51,52,53);2*1H3/p+2/t11-,12-,15-,16-,17-,18-,23-,24-;;/m1../s1. The fraction of sp³-hybridized carbons (Fsp3) is 0.630. The first kappa shape index (κ1) is 56.0. The molecule has 0 bridgehead atoms. The van der Waals surface area contributed by atoms with Gasteiger partial charge in [-0.3, -0.25) is 46.9 Å². The average molecular weight is 1050 g/mol. The highest BCUT2D eigenvalue weighted by Crippen LogP contribution is 2.48. The molecule has 2 unspecified atom stereocenters. The SMILES string of the molecule is Cn1c[n+]([C@@H]2O[C@H](COP(=O)([O-])OCC(COP(=O)(O)O)(COP(=O)(O)O)COP(=O)([O-])OC[C@H]3O[C@@H]([n+]4cn(C)c5c(=O)[nH]c(N)nc54)[C@H](O)[C@@H]3O)[C@@H](O)[C@H]2O)c2nc(N)[nH]c(=O)c21.[NH4+].[NH4+]. The van der Waals surface area contributed by atoms with Crippen molar-refractivity contribution in [1.82, 2.24) is 41.4 Å². The van der Waals surface area contributed by atoms with Gasteiger partial charge < -0.3 is 101 Å². The van der Waals surface area contributed by atoms with Gasteiger partial charge in [0.2, 0.25) is 23.5 Å².